The van der Waals surface area contributed by atoms with Gasteiger partial charge >= 0.3 is 6.03 Å². The molecule has 3 amide bonds. The predicted molar refractivity (Wildman–Crippen MR) is 101 cm³/mol. The third-order valence-corrected chi connectivity index (χ3v) is 3.79. The van der Waals surface area contributed by atoms with E-state index in [0.29, 0.717) is 12.2 Å². The standard InChI is InChI=1S/C19H20N6O2/c1-14-3-2-4-16(9-14)24-19(27)22-11-18(26)21-10-15-5-7-17(8-6-15)25-13-20-12-23-25/h2-9,12-13H,10-11H2,1H3,(H,21,26)(H2,22,24,27). The van der Waals surface area contributed by atoms with Crippen LogP contribution in [0.1, 0.15) is 11.1 Å². The van der Waals surface area contributed by atoms with E-state index in [2.05, 4.69) is 26.0 Å². The first-order chi connectivity index (χ1) is 13.1. The van der Waals surface area contributed by atoms with Gasteiger partial charge in [-0.15, -0.1) is 0 Å². The van der Waals surface area contributed by atoms with Crippen LogP contribution < -0.4 is 16.0 Å². The SMILES string of the molecule is Cc1cccc(NC(=O)NCC(=O)NCc2ccc(-n3cncn3)cc2)c1. The van der Waals surface area contributed by atoms with Crippen molar-refractivity contribution >= 4 is 17.6 Å². The van der Waals surface area contributed by atoms with Gasteiger partial charge in [0, 0.05) is 12.2 Å². The molecular weight excluding hydrogens is 344 g/mol. The Balaban J connectivity index is 1.41. The summed E-state index contributed by atoms with van der Waals surface area (Å²) in [4.78, 5) is 27.6. The molecular formula is C19H20N6O2. The summed E-state index contributed by atoms with van der Waals surface area (Å²) in [5.41, 5.74) is 3.55. The molecule has 8 nitrogen and oxygen atoms in total. The van der Waals surface area contributed by atoms with Crippen molar-refractivity contribution in [1.82, 2.24) is 25.4 Å². The van der Waals surface area contributed by atoms with Crippen LogP contribution in [0.4, 0.5) is 10.5 Å². The molecule has 3 aromatic rings. The van der Waals surface area contributed by atoms with Crippen molar-refractivity contribution in [3.05, 3.63) is 72.3 Å². The van der Waals surface area contributed by atoms with Crippen LogP contribution in [0.3, 0.4) is 0 Å². The number of benzene rings is 2. The van der Waals surface area contributed by atoms with E-state index >= 15 is 0 Å². The summed E-state index contributed by atoms with van der Waals surface area (Å²) in [7, 11) is 0. The van der Waals surface area contributed by atoms with Crippen molar-refractivity contribution < 1.29 is 9.59 Å². The van der Waals surface area contributed by atoms with Gasteiger partial charge in [0.25, 0.3) is 0 Å². The van der Waals surface area contributed by atoms with Crippen LogP contribution in [0.5, 0.6) is 0 Å². The number of nitrogens with zero attached hydrogens (tertiary/aromatic N) is 3. The summed E-state index contributed by atoms with van der Waals surface area (Å²) in [6.07, 6.45) is 3.08. The normalized spacial score (nSPS) is 10.3. The van der Waals surface area contributed by atoms with Gasteiger partial charge in [-0.2, -0.15) is 5.10 Å². The zero-order valence-corrected chi connectivity index (χ0v) is 14.8. The third-order valence-electron chi connectivity index (χ3n) is 3.79. The lowest BCUT2D eigenvalue weighted by molar-refractivity contribution is -0.120. The quantitative estimate of drug-likeness (QED) is 0.623. The van der Waals surface area contributed by atoms with Crippen molar-refractivity contribution in [1.29, 1.82) is 0 Å². The summed E-state index contributed by atoms with van der Waals surface area (Å²) < 4.78 is 1.65. The Morgan fingerprint density at radius 3 is 2.59 bits per heavy atom. The highest BCUT2D eigenvalue weighted by Crippen LogP contribution is 2.09. The van der Waals surface area contributed by atoms with E-state index in [9.17, 15) is 9.59 Å². The number of anilines is 1. The highest BCUT2D eigenvalue weighted by molar-refractivity contribution is 5.92. The molecule has 1 aromatic heterocycles. The van der Waals surface area contributed by atoms with Gasteiger partial charge in [0.1, 0.15) is 12.7 Å². The summed E-state index contributed by atoms with van der Waals surface area (Å²) in [6.45, 7) is 2.21. The molecule has 0 saturated heterocycles. The van der Waals surface area contributed by atoms with Gasteiger partial charge in [-0.1, -0.05) is 24.3 Å². The maximum atomic E-state index is 11.9. The van der Waals surface area contributed by atoms with E-state index in [0.717, 1.165) is 16.8 Å². The summed E-state index contributed by atoms with van der Waals surface area (Å²) in [5.74, 6) is -0.269. The fourth-order valence-corrected chi connectivity index (χ4v) is 2.43. The molecule has 0 bridgehead atoms. The fraction of sp³-hybridized carbons (Fsp3) is 0.158. The Hall–Kier alpha value is -3.68. The van der Waals surface area contributed by atoms with Crippen molar-refractivity contribution in [2.75, 3.05) is 11.9 Å². The number of urea groups is 1. The molecule has 138 valence electrons. The molecule has 3 N–H and O–H groups in total. The highest BCUT2D eigenvalue weighted by Gasteiger charge is 2.06. The monoisotopic (exact) mass is 364 g/mol. The van der Waals surface area contributed by atoms with Gasteiger partial charge in [0.15, 0.2) is 0 Å². The lowest BCUT2D eigenvalue weighted by Gasteiger charge is -2.09. The number of rotatable bonds is 6. The molecule has 0 aliphatic carbocycles. The molecule has 1 heterocycles. The van der Waals surface area contributed by atoms with E-state index in [1.165, 1.54) is 6.33 Å². The lowest BCUT2D eigenvalue weighted by Crippen LogP contribution is -2.38. The maximum Gasteiger partial charge on any atom is 0.319 e. The first kappa shape index (κ1) is 18.1. The number of hydrogen-bond acceptors (Lipinski definition) is 4. The first-order valence-corrected chi connectivity index (χ1v) is 8.42. The van der Waals surface area contributed by atoms with Crippen LogP contribution in [-0.2, 0) is 11.3 Å². The lowest BCUT2D eigenvalue weighted by atomic mass is 10.2. The van der Waals surface area contributed by atoms with Crippen molar-refractivity contribution in [2.45, 2.75) is 13.5 Å². The van der Waals surface area contributed by atoms with Gasteiger partial charge in [0.05, 0.1) is 12.2 Å². The van der Waals surface area contributed by atoms with E-state index in [1.807, 2.05) is 49.4 Å². The number of aryl methyl sites for hydroxylation is 1. The van der Waals surface area contributed by atoms with Gasteiger partial charge in [-0.25, -0.2) is 14.5 Å². The average Bonchev–Trinajstić information content (AvgIpc) is 3.20. The Morgan fingerprint density at radius 1 is 1.07 bits per heavy atom. The van der Waals surface area contributed by atoms with E-state index in [1.54, 1.807) is 17.1 Å². The smallest absolute Gasteiger partial charge is 0.319 e. The van der Waals surface area contributed by atoms with E-state index < -0.39 is 6.03 Å². The highest BCUT2D eigenvalue weighted by atomic mass is 16.2. The van der Waals surface area contributed by atoms with Gasteiger partial charge in [-0.3, -0.25) is 4.79 Å². The molecule has 0 unspecified atom stereocenters. The minimum atomic E-state index is -0.423. The minimum absolute atomic E-state index is 0.102. The first-order valence-electron chi connectivity index (χ1n) is 8.42. The largest absolute Gasteiger partial charge is 0.350 e. The fourth-order valence-electron chi connectivity index (χ4n) is 2.43. The maximum absolute atomic E-state index is 11.9. The molecule has 2 aromatic carbocycles. The molecule has 27 heavy (non-hydrogen) atoms. The number of aromatic nitrogens is 3. The van der Waals surface area contributed by atoms with Crippen LogP contribution >= 0.6 is 0 Å². The van der Waals surface area contributed by atoms with Crippen molar-refractivity contribution in [3.8, 4) is 5.69 Å². The summed E-state index contributed by atoms with van der Waals surface area (Å²) in [5, 5.41) is 12.0. The van der Waals surface area contributed by atoms with Gasteiger partial charge in [-0.05, 0) is 42.3 Å². The predicted octanol–water partition coefficient (Wildman–Crippen LogP) is 2.01. The van der Waals surface area contributed by atoms with Crippen LogP contribution in [0.15, 0.2) is 61.2 Å². The van der Waals surface area contributed by atoms with Gasteiger partial charge in [0.2, 0.25) is 5.91 Å². The summed E-state index contributed by atoms with van der Waals surface area (Å²) in [6, 6.07) is 14.6. The molecule has 0 atom stereocenters. The number of hydrogen-bond donors (Lipinski definition) is 3. The second-order valence-corrected chi connectivity index (χ2v) is 5.96. The molecule has 0 spiro atoms. The Bertz CT molecular complexity index is 906. The van der Waals surface area contributed by atoms with E-state index in [4.69, 9.17) is 0 Å². The van der Waals surface area contributed by atoms with Gasteiger partial charge < -0.3 is 16.0 Å². The van der Waals surface area contributed by atoms with Crippen LogP contribution in [-0.4, -0.2) is 33.2 Å². The van der Waals surface area contributed by atoms with E-state index in [-0.39, 0.29) is 12.5 Å². The Kier molecular flexibility index (Phi) is 5.78. The average molecular weight is 364 g/mol. The van der Waals surface area contributed by atoms with Crippen LogP contribution in [0, 0.1) is 6.92 Å². The minimum Gasteiger partial charge on any atom is -0.350 e. The van der Waals surface area contributed by atoms with Crippen molar-refractivity contribution in [3.63, 3.8) is 0 Å². The molecule has 8 heteroatoms. The van der Waals surface area contributed by atoms with Crippen LogP contribution in [0.25, 0.3) is 5.69 Å². The topological polar surface area (TPSA) is 101 Å². The van der Waals surface area contributed by atoms with Crippen molar-refractivity contribution in [2.24, 2.45) is 0 Å². The number of amides is 3. The second kappa shape index (κ2) is 8.61. The molecule has 0 fully saturated rings. The molecule has 0 radical (unpaired) electrons. The zero-order chi connectivity index (χ0) is 19.1. The molecule has 0 aliphatic heterocycles. The molecule has 0 aliphatic rings. The number of nitrogens with one attached hydrogen (secondary N) is 3. The number of carbonyl (C=O) groups is 2. The Morgan fingerprint density at radius 2 is 1.89 bits per heavy atom. The molecule has 0 saturated carbocycles. The molecule has 3 rings (SSSR count). The van der Waals surface area contributed by atoms with Crippen LogP contribution in [0.2, 0.25) is 0 Å². The Labute approximate surface area is 156 Å². The summed E-state index contributed by atoms with van der Waals surface area (Å²) >= 11 is 0. The third kappa shape index (κ3) is 5.40. The second-order valence-electron chi connectivity index (χ2n) is 5.96. The number of carbonyl (C=O) groups excluding carboxylic acids is 2. The zero-order valence-electron chi connectivity index (χ0n) is 14.8.